The van der Waals surface area contributed by atoms with E-state index in [2.05, 4.69) is 10.3 Å². The number of hydrogen-bond donors (Lipinski definition) is 5. The van der Waals surface area contributed by atoms with E-state index in [0.29, 0.717) is 50.9 Å². The molecule has 0 spiro atoms. The number of unbranched alkanes of at least 4 members (excludes halogenated alkanes) is 2. The molecule has 14 atom stereocenters. The molecule has 4 saturated heterocycles. The molecule has 1 aromatic heterocycles. The molecule has 5 heterocycles. The molecule has 0 saturated carbocycles. The second-order valence-electron chi connectivity index (χ2n) is 16.0. The first kappa shape index (κ1) is 48.5. The van der Waals surface area contributed by atoms with Crippen LogP contribution in [0.1, 0.15) is 78.3 Å². The first-order chi connectivity index (χ1) is 29.1. The minimum atomic E-state index is -1.96. The maximum atomic E-state index is 14.4. The summed E-state index contributed by atoms with van der Waals surface area (Å²) in [6, 6.07) is -1.52. The Balaban J connectivity index is 1.03. The Morgan fingerprint density at radius 1 is 0.902 bits per heavy atom. The van der Waals surface area contributed by atoms with Gasteiger partial charge in [0.1, 0.15) is 42.1 Å². The van der Waals surface area contributed by atoms with E-state index in [1.54, 1.807) is 11.1 Å². The molecular formula is C39H61FN6O15. The van der Waals surface area contributed by atoms with Crippen LogP contribution in [0.25, 0.3) is 0 Å². The number of ketones is 1. The molecule has 6 N–H and O–H groups in total. The molecule has 0 radical (unpaired) electrons. The van der Waals surface area contributed by atoms with Crippen molar-refractivity contribution >= 4 is 29.5 Å². The number of fused-ring (bicyclic) bond motifs is 1. The van der Waals surface area contributed by atoms with Gasteiger partial charge in [-0.25, -0.2) is 13.9 Å². The quantitative estimate of drug-likeness (QED) is 0.0655. The molecule has 4 aliphatic rings. The lowest BCUT2D eigenvalue weighted by atomic mass is 9.88. The van der Waals surface area contributed by atoms with Crippen molar-refractivity contribution in [2.75, 3.05) is 32.9 Å². The van der Waals surface area contributed by atoms with Crippen LogP contribution in [0.3, 0.4) is 0 Å². The molecule has 4 unspecified atom stereocenters. The van der Waals surface area contributed by atoms with Gasteiger partial charge in [0.05, 0.1) is 75.3 Å². The van der Waals surface area contributed by atoms with Crippen LogP contribution in [0.2, 0.25) is 0 Å². The van der Waals surface area contributed by atoms with Gasteiger partial charge in [-0.3, -0.25) is 19.3 Å². The van der Waals surface area contributed by atoms with Gasteiger partial charge in [-0.15, -0.1) is 5.10 Å². The third-order valence-corrected chi connectivity index (χ3v) is 11.6. The third-order valence-electron chi connectivity index (χ3n) is 11.6. The molecule has 0 bridgehead atoms. The second-order valence-corrected chi connectivity index (χ2v) is 16.0. The number of carboxylic acids is 1. The highest BCUT2D eigenvalue weighted by atomic mass is 19.1. The normalized spacial score (nSPS) is 33.9. The van der Waals surface area contributed by atoms with Crippen LogP contribution in [-0.2, 0) is 65.5 Å². The zero-order valence-corrected chi connectivity index (χ0v) is 35.0. The van der Waals surface area contributed by atoms with E-state index in [9.17, 15) is 48.8 Å². The number of aromatic nitrogens is 3. The van der Waals surface area contributed by atoms with Gasteiger partial charge >= 0.3 is 5.97 Å². The number of hydrogen-bond acceptors (Lipinski definition) is 17. The van der Waals surface area contributed by atoms with Gasteiger partial charge in [-0.05, 0) is 46.0 Å². The van der Waals surface area contributed by atoms with Gasteiger partial charge in [0.15, 0.2) is 18.7 Å². The van der Waals surface area contributed by atoms with Crippen LogP contribution in [0.5, 0.6) is 0 Å². The van der Waals surface area contributed by atoms with Crippen molar-refractivity contribution in [2.45, 2.75) is 159 Å². The predicted octanol–water partition coefficient (Wildman–Crippen LogP) is -0.944. The number of nitrogens with zero attached hydrogens (tertiary/aromatic N) is 5. The fourth-order valence-corrected chi connectivity index (χ4v) is 8.17. The Morgan fingerprint density at radius 2 is 1.59 bits per heavy atom. The number of amides is 3. The zero-order chi connectivity index (χ0) is 44.5. The molecule has 5 rings (SSSR count). The average molecular weight is 873 g/mol. The molecule has 0 aromatic carbocycles. The highest BCUT2D eigenvalue weighted by Gasteiger charge is 2.58. The van der Waals surface area contributed by atoms with E-state index < -0.39 is 79.2 Å². The van der Waals surface area contributed by atoms with Crippen molar-refractivity contribution in [1.82, 2.24) is 24.8 Å². The maximum Gasteiger partial charge on any atom is 0.335 e. The van der Waals surface area contributed by atoms with Gasteiger partial charge < -0.3 is 64.3 Å². The molecular weight excluding hydrogens is 811 g/mol. The number of aliphatic carboxylic acids is 1. The zero-order valence-electron chi connectivity index (χ0n) is 35.0. The number of likely N-dealkylation sites (tertiary alicyclic amines) is 1. The highest BCUT2D eigenvalue weighted by molar-refractivity contribution is 6.06. The third kappa shape index (κ3) is 11.7. The number of carbonyl (C=O) groups excluding carboxylic acids is 4. The number of imide groups is 1. The van der Waals surface area contributed by atoms with Crippen LogP contribution in [-0.4, -0.2) is 181 Å². The summed E-state index contributed by atoms with van der Waals surface area (Å²) in [6.07, 6.45) is -10.5. The number of carboxylic acid groups (broad SMARTS) is 1. The topological polar surface area (TPSA) is 285 Å². The lowest BCUT2D eigenvalue weighted by molar-refractivity contribution is -0.335. The van der Waals surface area contributed by atoms with Crippen LogP contribution < -0.4 is 5.73 Å². The molecule has 22 heteroatoms. The molecule has 0 aliphatic carbocycles. The minimum absolute atomic E-state index is 0.0304. The van der Waals surface area contributed by atoms with E-state index in [-0.39, 0.29) is 81.5 Å². The Labute approximate surface area is 352 Å². The van der Waals surface area contributed by atoms with Crippen molar-refractivity contribution in [2.24, 2.45) is 17.6 Å². The van der Waals surface area contributed by atoms with Gasteiger partial charge in [0.2, 0.25) is 17.7 Å². The molecule has 61 heavy (non-hydrogen) atoms. The standard InChI is InChI=1S/C39H61FN6O15/c1-5-23-26-27(24(6-2)59-23)36(53)46(35(26)52)13-9-7-8-12-44(25(48)11-10-20(3)47)18-22-19-45(43-42-22)14-15-56-16-17-57-39-32(51)31(50)33(34(61-39)37(54)55)60-38-29(41)28(40)30(49)21(4)58-38/h19,21,23-24,26-34,38-39,49-51H,5-18,41H2,1-4H3,(H,54,55)/t21?,23-,24+,26+,27-,28-,29?,30-,31-,32?,33+,34?,38-,39-/m1/s1. The lowest BCUT2D eigenvalue weighted by Crippen LogP contribution is -2.65. The summed E-state index contributed by atoms with van der Waals surface area (Å²) < 4.78 is 49.3. The molecule has 344 valence electrons. The Morgan fingerprint density at radius 3 is 2.23 bits per heavy atom. The van der Waals surface area contributed by atoms with E-state index in [0.717, 1.165) is 0 Å². The van der Waals surface area contributed by atoms with E-state index >= 15 is 0 Å². The van der Waals surface area contributed by atoms with Gasteiger partial charge in [0.25, 0.3) is 0 Å². The maximum absolute atomic E-state index is 14.4. The lowest BCUT2D eigenvalue weighted by Gasteiger charge is -2.44. The van der Waals surface area contributed by atoms with Crippen molar-refractivity contribution < 1.29 is 77.2 Å². The summed E-state index contributed by atoms with van der Waals surface area (Å²) in [7, 11) is 0. The van der Waals surface area contributed by atoms with Crippen molar-refractivity contribution in [3.8, 4) is 0 Å². The van der Waals surface area contributed by atoms with Crippen LogP contribution >= 0.6 is 0 Å². The summed E-state index contributed by atoms with van der Waals surface area (Å²) in [5, 5.41) is 49.3. The number of Topliss-reactive ketones (excluding diaryl/α,β-unsaturated/α-hetero) is 1. The van der Waals surface area contributed by atoms with E-state index in [1.807, 2.05) is 13.8 Å². The first-order valence-electron chi connectivity index (χ1n) is 21.1. The molecule has 4 aliphatic heterocycles. The summed E-state index contributed by atoms with van der Waals surface area (Å²) in [5.41, 5.74) is 6.28. The van der Waals surface area contributed by atoms with Crippen molar-refractivity contribution in [1.29, 1.82) is 0 Å². The molecule has 21 nitrogen and oxygen atoms in total. The fourth-order valence-electron chi connectivity index (χ4n) is 8.17. The predicted molar refractivity (Wildman–Crippen MR) is 205 cm³/mol. The summed E-state index contributed by atoms with van der Waals surface area (Å²) in [6.45, 7) is 7.70. The largest absolute Gasteiger partial charge is 0.479 e. The number of ether oxygens (including phenoxy) is 6. The van der Waals surface area contributed by atoms with Crippen LogP contribution in [0, 0.1) is 11.8 Å². The number of aliphatic hydroxyl groups excluding tert-OH is 3. The Bertz CT molecular complexity index is 1630. The number of aliphatic hydroxyl groups is 3. The summed E-state index contributed by atoms with van der Waals surface area (Å²) in [4.78, 5) is 66.1. The van der Waals surface area contributed by atoms with E-state index in [1.165, 1.54) is 23.4 Å². The average Bonchev–Trinajstić information content (AvgIpc) is 3.92. The summed E-state index contributed by atoms with van der Waals surface area (Å²) >= 11 is 0. The highest BCUT2D eigenvalue weighted by Crippen LogP contribution is 2.43. The van der Waals surface area contributed by atoms with Gasteiger partial charge in [0, 0.05) is 25.9 Å². The van der Waals surface area contributed by atoms with Crippen molar-refractivity contribution in [3.05, 3.63) is 11.9 Å². The van der Waals surface area contributed by atoms with Crippen molar-refractivity contribution in [3.63, 3.8) is 0 Å². The van der Waals surface area contributed by atoms with Crippen LogP contribution in [0.4, 0.5) is 4.39 Å². The molecule has 4 fully saturated rings. The molecule has 3 amide bonds. The SMILES string of the molecule is CC[C@@H]1O[C@H](CC)[C@@H]2C(=O)N(CCCCCN(Cc3cn(CCOCCO[C@@H]4OC(C(=O)O)[C@@H](O[C@H]5OC(C)[C@@H](O)[C@H](F)C5N)[C@H](O)C4O)nn3)C(=O)CCC(C)=O)C(=O)[C@@H]21. The minimum Gasteiger partial charge on any atom is -0.479 e. The first-order valence-corrected chi connectivity index (χ1v) is 21.1. The number of rotatable bonds is 23. The molecule has 1 aromatic rings. The Hall–Kier alpha value is -3.58. The van der Waals surface area contributed by atoms with Crippen LogP contribution in [0.15, 0.2) is 6.20 Å². The smallest absolute Gasteiger partial charge is 0.335 e. The number of alkyl halides is 1. The second kappa shape index (κ2) is 22.2. The van der Waals surface area contributed by atoms with Gasteiger partial charge in [-0.2, -0.15) is 0 Å². The van der Waals surface area contributed by atoms with Gasteiger partial charge in [-0.1, -0.05) is 19.1 Å². The monoisotopic (exact) mass is 872 g/mol. The Kier molecular flexibility index (Phi) is 17.6. The summed E-state index contributed by atoms with van der Waals surface area (Å²) in [5.74, 6) is -3.07. The van der Waals surface area contributed by atoms with E-state index in [4.69, 9.17) is 34.2 Å². The number of nitrogens with two attached hydrogens (primary N) is 1. The fraction of sp³-hybridized carbons (Fsp3) is 0.821. The number of halogens is 1. The number of carbonyl (C=O) groups is 5.